The summed E-state index contributed by atoms with van der Waals surface area (Å²) < 4.78 is 0. The van der Waals surface area contributed by atoms with Gasteiger partial charge >= 0.3 is 0 Å². The Bertz CT molecular complexity index is 182. The highest BCUT2D eigenvalue weighted by atomic mass is 16.3. The van der Waals surface area contributed by atoms with Crippen molar-refractivity contribution in [3.05, 3.63) is 0 Å². The van der Waals surface area contributed by atoms with Gasteiger partial charge in [-0.2, -0.15) is 0 Å². The van der Waals surface area contributed by atoms with Gasteiger partial charge in [0, 0.05) is 18.0 Å². The molecular weight excluding hydrogens is 164 g/mol. The lowest BCUT2D eigenvalue weighted by atomic mass is 9.66. The minimum atomic E-state index is -0.653. The first kappa shape index (κ1) is 11.0. The minimum Gasteiger partial charge on any atom is -0.389 e. The van der Waals surface area contributed by atoms with E-state index < -0.39 is 5.60 Å². The molecule has 0 aliphatic heterocycles. The van der Waals surface area contributed by atoms with Crippen molar-refractivity contribution in [2.24, 2.45) is 16.9 Å². The monoisotopic (exact) mass is 186 g/mol. The van der Waals surface area contributed by atoms with E-state index >= 15 is 0 Å². The lowest BCUT2D eigenvalue weighted by Gasteiger charge is -2.46. The van der Waals surface area contributed by atoms with E-state index in [-0.39, 0.29) is 11.5 Å². The third-order valence-corrected chi connectivity index (χ3v) is 3.54. The van der Waals surface area contributed by atoms with E-state index in [1.54, 1.807) is 0 Å². The molecule has 2 atom stereocenters. The molecule has 0 bridgehead atoms. The Morgan fingerprint density at radius 3 is 2.62 bits per heavy atom. The van der Waals surface area contributed by atoms with Crippen LogP contribution in [-0.2, 0) is 0 Å². The van der Waals surface area contributed by atoms with Gasteiger partial charge in [-0.25, -0.2) is 0 Å². The third-order valence-electron chi connectivity index (χ3n) is 3.54. The summed E-state index contributed by atoms with van der Waals surface area (Å²) >= 11 is 0. The highest BCUT2D eigenvalue weighted by Crippen LogP contribution is 2.40. The zero-order valence-corrected chi connectivity index (χ0v) is 8.71. The Morgan fingerprint density at radius 1 is 1.54 bits per heavy atom. The van der Waals surface area contributed by atoms with Crippen LogP contribution >= 0.6 is 0 Å². The van der Waals surface area contributed by atoms with Crippen LogP contribution in [0.5, 0.6) is 0 Å². The lowest BCUT2D eigenvalue weighted by molar-refractivity contribution is -0.0927. The Morgan fingerprint density at radius 2 is 2.15 bits per heavy atom. The number of hydrogen-bond acceptors (Lipinski definition) is 3. The van der Waals surface area contributed by atoms with Crippen LogP contribution in [0.25, 0.3) is 0 Å². The molecule has 0 heterocycles. The van der Waals surface area contributed by atoms with Crippen molar-refractivity contribution in [3.8, 4) is 0 Å². The summed E-state index contributed by atoms with van der Waals surface area (Å²) in [7, 11) is 0. The van der Waals surface area contributed by atoms with Crippen LogP contribution in [0.1, 0.15) is 39.5 Å². The van der Waals surface area contributed by atoms with Crippen LogP contribution in [-0.4, -0.2) is 23.3 Å². The number of hydrogen-bond donors (Lipinski definition) is 3. The first-order valence-electron chi connectivity index (χ1n) is 5.09. The van der Waals surface area contributed by atoms with E-state index in [9.17, 15) is 5.11 Å². The van der Waals surface area contributed by atoms with Gasteiger partial charge in [0.25, 0.3) is 0 Å². The molecule has 0 aromatic rings. The Labute approximate surface area is 80.5 Å². The largest absolute Gasteiger partial charge is 0.389 e. The average Bonchev–Trinajstić information content (AvgIpc) is 2.03. The van der Waals surface area contributed by atoms with Crippen LogP contribution in [0.15, 0.2) is 0 Å². The topological polar surface area (TPSA) is 72.3 Å². The number of rotatable bonds is 2. The van der Waals surface area contributed by atoms with Crippen molar-refractivity contribution in [3.63, 3.8) is 0 Å². The van der Waals surface area contributed by atoms with E-state index in [0.29, 0.717) is 13.0 Å². The molecule has 0 radical (unpaired) electrons. The van der Waals surface area contributed by atoms with Crippen LogP contribution in [0.2, 0.25) is 0 Å². The summed E-state index contributed by atoms with van der Waals surface area (Å²) in [6, 6.07) is 0.143. The van der Waals surface area contributed by atoms with Crippen molar-refractivity contribution in [1.29, 1.82) is 0 Å². The molecule has 1 fully saturated rings. The standard InChI is InChI=1S/C10H22N2O/c1-9(2,7-11)10(13)5-3-4-8(12)6-10/h8,13H,3-7,11-12H2,1-2H3. The van der Waals surface area contributed by atoms with Crippen LogP contribution in [0.4, 0.5) is 0 Å². The second-order valence-electron chi connectivity index (χ2n) is 4.98. The molecule has 0 aromatic carbocycles. The van der Waals surface area contributed by atoms with Gasteiger partial charge in [0.2, 0.25) is 0 Å². The normalized spacial score (nSPS) is 36.2. The van der Waals surface area contributed by atoms with Crippen LogP contribution < -0.4 is 11.5 Å². The molecule has 2 unspecified atom stereocenters. The Hall–Kier alpha value is -0.120. The third kappa shape index (κ3) is 2.03. The summed E-state index contributed by atoms with van der Waals surface area (Å²) in [5, 5.41) is 10.4. The highest BCUT2D eigenvalue weighted by Gasteiger charge is 2.44. The van der Waals surface area contributed by atoms with Crippen molar-refractivity contribution in [1.82, 2.24) is 0 Å². The maximum absolute atomic E-state index is 10.4. The molecule has 1 aliphatic rings. The molecule has 1 rings (SSSR count). The molecule has 0 amide bonds. The fourth-order valence-electron chi connectivity index (χ4n) is 2.10. The van der Waals surface area contributed by atoms with E-state index in [1.165, 1.54) is 0 Å². The summed E-state index contributed by atoms with van der Waals surface area (Å²) in [5.74, 6) is 0. The molecule has 0 spiro atoms. The molecular formula is C10H22N2O. The zero-order valence-electron chi connectivity index (χ0n) is 8.71. The summed E-state index contributed by atoms with van der Waals surface area (Å²) in [6.45, 7) is 4.55. The van der Waals surface area contributed by atoms with Gasteiger partial charge in [-0.3, -0.25) is 0 Å². The summed E-state index contributed by atoms with van der Waals surface area (Å²) in [6.07, 6.45) is 3.58. The van der Waals surface area contributed by atoms with Gasteiger partial charge in [-0.1, -0.05) is 13.8 Å². The molecule has 0 aromatic heterocycles. The maximum Gasteiger partial charge on any atom is 0.0725 e. The van der Waals surface area contributed by atoms with E-state index in [0.717, 1.165) is 19.3 Å². The maximum atomic E-state index is 10.4. The lowest BCUT2D eigenvalue weighted by Crippen LogP contribution is -2.54. The fourth-order valence-corrected chi connectivity index (χ4v) is 2.10. The quantitative estimate of drug-likeness (QED) is 0.591. The number of nitrogens with two attached hydrogens (primary N) is 2. The molecule has 3 nitrogen and oxygen atoms in total. The number of aliphatic hydroxyl groups is 1. The average molecular weight is 186 g/mol. The molecule has 0 saturated heterocycles. The van der Waals surface area contributed by atoms with Gasteiger partial charge in [0.1, 0.15) is 0 Å². The molecule has 3 heteroatoms. The predicted molar refractivity (Wildman–Crippen MR) is 54.2 cm³/mol. The second-order valence-corrected chi connectivity index (χ2v) is 4.98. The Kier molecular flexibility index (Phi) is 3.00. The SMILES string of the molecule is CC(C)(CN)C1(O)CCCC(N)C1. The predicted octanol–water partition coefficient (Wildman–Crippen LogP) is 0.604. The summed E-state index contributed by atoms with van der Waals surface area (Å²) in [5.41, 5.74) is 10.7. The van der Waals surface area contributed by atoms with E-state index in [4.69, 9.17) is 11.5 Å². The molecule has 1 aliphatic carbocycles. The molecule has 78 valence electrons. The van der Waals surface area contributed by atoms with Gasteiger partial charge in [0.15, 0.2) is 0 Å². The van der Waals surface area contributed by atoms with Crippen LogP contribution in [0.3, 0.4) is 0 Å². The molecule has 5 N–H and O–H groups in total. The fraction of sp³-hybridized carbons (Fsp3) is 1.00. The zero-order chi connectivity index (χ0) is 10.1. The van der Waals surface area contributed by atoms with Crippen LogP contribution in [0, 0.1) is 5.41 Å². The van der Waals surface area contributed by atoms with Crippen molar-refractivity contribution in [2.45, 2.75) is 51.2 Å². The smallest absolute Gasteiger partial charge is 0.0725 e. The van der Waals surface area contributed by atoms with Gasteiger partial charge in [-0.05, 0) is 25.7 Å². The first-order valence-corrected chi connectivity index (χ1v) is 5.09. The van der Waals surface area contributed by atoms with Crippen molar-refractivity contribution in [2.75, 3.05) is 6.54 Å². The van der Waals surface area contributed by atoms with Gasteiger partial charge in [-0.15, -0.1) is 0 Å². The van der Waals surface area contributed by atoms with Crippen molar-refractivity contribution < 1.29 is 5.11 Å². The molecule has 1 saturated carbocycles. The van der Waals surface area contributed by atoms with E-state index in [2.05, 4.69) is 0 Å². The minimum absolute atomic E-state index is 0.143. The van der Waals surface area contributed by atoms with Gasteiger partial charge < -0.3 is 16.6 Å². The van der Waals surface area contributed by atoms with Gasteiger partial charge in [0.05, 0.1) is 5.60 Å². The second kappa shape index (κ2) is 3.56. The highest BCUT2D eigenvalue weighted by molar-refractivity contribution is 4.98. The van der Waals surface area contributed by atoms with E-state index in [1.807, 2.05) is 13.8 Å². The Balaban J connectivity index is 2.74. The first-order chi connectivity index (χ1) is 5.91. The molecule has 13 heavy (non-hydrogen) atoms. The van der Waals surface area contributed by atoms with Crippen molar-refractivity contribution >= 4 is 0 Å². The summed E-state index contributed by atoms with van der Waals surface area (Å²) in [4.78, 5) is 0.